The largest absolute Gasteiger partial charge is 0.490 e. The molecule has 27 heavy (non-hydrogen) atoms. The van der Waals surface area contributed by atoms with Crippen molar-refractivity contribution in [2.45, 2.75) is 38.5 Å². The van der Waals surface area contributed by atoms with Crippen LogP contribution in [0.3, 0.4) is 0 Å². The molecule has 0 aliphatic carbocycles. The van der Waals surface area contributed by atoms with Gasteiger partial charge in [0.25, 0.3) is 0 Å². The first kappa shape index (κ1) is 17.9. The Kier molecular flexibility index (Phi) is 5.03. The van der Waals surface area contributed by atoms with Crippen LogP contribution in [0.4, 0.5) is 4.79 Å². The quantitative estimate of drug-likeness (QED) is 0.875. The SMILES string of the molecule is CNC1CCN(C(=O)NCc2ccc(-c3ccc4c(c3)CC(C)O4)cc2)C1. The molecule has 2 atom stereocenters. The predicted molar refractivity (Wildman–Crippen MR) is 107 cm³/mol. The van der Waals surface area contributed by atoms with Crippen LogP contribution in [-0.4, -0.2) is 43.2 Å². The van der Waals surface area contributed by atoms with Crippen LogP contribution in [0.2, 0.25) is 0 Å². The number of benzene rings is 2. The lowest BCUT2D eigenvalue weighted by Crippen LogP contribution is -2.39. The summed E-state index contributed by atoms with van der Waals surface area (Å²) in [7, 11) is 1.95. The number of hydrogen-bond donors (Lipinski definition) is 2. The molecule has 4 rings (SSSR count). The van der Waals surface area contributed by atoms with Crippen molar-refractivity contribution >= 4 is 6.03 Å². The summed E-state index contributed by atoms with van der Waals surface area (Å²) in [4.78, 5) is 14.2. The van der Waals surface area contributed by atoms with Gasteiger partial charge in [-0.05, 0) is 54.8 Å². The van der Waals surface area contributed by atoms with Crippen LogP contribution in [0, 0.1) is 0 Å². The lowest BCUT2D eigenvalue weighted by atomic mass is 10.00. The molecule has 142 valence electrons. The topological polar surface area (TPSA) is 53.6 Å². The number of amides is 2. The second-order valence-electron chi connectivity index (χ2n) is 7.53. The zero-order valence-corrected chi connectivity index (χ0v) is 16.0. The van der Waals surface area contributed by atoms with E-state index in [-0.39, 0.29) is 12.1 Å². The Morgan fingerprint density at radius 2 is 1.96 bits per heavy atom. The van der Waals surface area contributed by atoms with Gasteiger partial charge >= 0.3 is 6.03 Å². The van der Waals surface area contributed by atoms with Gasteiger partial charge < -0.3 is 20.3 Å². The van der Waals surface area contributed by atoms with E-state index in [4.69, 9.17) is 4.74 Å². The van der Waals surface area contributed by atoms with E-state index in [1.165, 1.54) is 16.7 Å². The first-order chi connectivity index (χ1) is 13.1. The van der Waals surface area contributed by atoms with E-state index in [0.29, 0.717) is 12.6 Å². The second kappa shape index (κ2) is 7.61. The molecule has 1 fully saturated rings. The number of urea groups is 1. The van der Waals surface area contributed by atoms with Crippen molar-refractivity contribution in [1.29, 1.82) is 0 Å². The van der Waals surface area contributed by atoms with Gasteiger partial charge in [0.1, 0.15) is 11.9 Å². The summed E-state index contributed by atoms with van der Waals surface area (Å²) >= 11 is 0. The Hall–Kier alpha value is -2.53. The van der Waals surface area contributed by atoms with Gasteiger partial charge in [-0.3, -0.25) is 0 Å². The number of nitrogens with zero attached hydrogens (tertiary/aromatic N) is 1. The minimum atomic E-state index is 0.0181. The molecule has 2 N–H and O–H groups in total. The summed E-state index contributed by atoms with van der Waals surface area (Å²) in [5.41, 5.74) is 4.78. The fourth-order valence-electron chi connectivity index (χ4n) is 3.89. The molecular weight excluding hydrogens is 338 g/mol. The maximum Gasteiger partial charge on any atom is 0.317 e. The number of likely N-dealkylation sites (N-methyl/N-ethyl adjacent to an activating group) is 1. The lowest BCUT2D eigenvalue weighted by molar-refractivity contribution is 0.207. The molecule has 2 aliphatic heterocycles. The molecule has 2 aromatic rings. The number of rotatable bonds is 4. The molecule has 5 nitrogen and oxygen atoms in total. The summed E-state index contributed by atoms with van der Waals surface area (Å²) in [5, 5.41) is 6.26. The van der Waals surface area contributed by atoms with Crippen molar-refractivity contribution in [3.05, 3.63) is 53.6 Å². The van der Waals surface area contributed by atoms with Crippen molar-refractivity contribution in [3.63, 3.8) is 0 Å². The molecule has 0 bridgehead atoms. The van der Waals surface area contributed by atoms with E-state index in [9.17, 15) is 4.79 Å². The van der Waals surface area contributed by atoms with Crippen LogP contribution in [0.5, 0.6) is 5.75 Å². The molecule has 0 aromatic heterocycles. The van der Waals surface area contributed by atoms with Crippen molar-refractivity contribution in [3.8, 4) is 16.9 Å². The highest BCUT2D eigenvalue weighted by Crippen LogP contribution is 2.32. The summed E-state index contributed by atoms with van der Waals surface area (Å²) in [6, 6.07) is 15.2. The molecule has 0 saturated carbocycles. The monoisotopic (exact) mass is 365 g/mol. The molecule has 2 aliphatic rings. The van der Waals surface area contributed by atoms with Crippen molar-refractivity contribution < 1.29 is 9.53 Å². The van der Waals surface area contributed by atoms with Crippen molar-refractivity contribution in [1.82, 2.24) is 15.5 Å². The summed E-state index contributed by atoms with van der Waals surface area (Å²) in [6.07, 6.45) is 2.25. The number of carbonyl (C=O) groups is 1. The van der Waals surface area contributed by atoms with Gasteiger partial charge in [-0.15, -0.1) is 0 Å². The first-order valence-electron chi connectivity index (χ1n) is 9.71. The van der Waals surface area contributed by atoms with Gasteiger partial charge in [0, 0.05) is 32.1 Å². The smallest absolute Gasteiger partial charge is 0.317 e. The van der Waals surface area contributed by atoms with Gasteiger partial charge in [0.05, 0.1) is 0 Å². The zero-order valence-electron chi connectivity index (χ0n) is 16.0. The number of nitrogens with one attached hydrogen (secondary N) is 2. The van der Waals surface area contributed by atoms with Gasteiger partial charge in [-0.1, -0.05) is 30.3 Å². The highest BCUT2D eigenvalue weighted by atomic mass is 16.5. The molecule has 2 aromatic carbocycles. The third-order valence-electron chi connectivity index (χ3n) is 5.51. The Morgan fingerprint density at radius 1 is 1.19 bits per heavy atom. The lowest BCUT2D eigenvalue weighted by Gasteiger charge is -2.17. The fraction of sp³-hybridized carbons (Fsp3) is 0.409. The summed E-state index contributed by atoms with van der Waals surface area (Å²) in [6.45, 7) is 4.25. The van der Waals surface area contributed by atoms with Crippen LogP contribution in [0.15, 0.2) is 42.5 Å². The minimum absolute atomic E-state index is 0.0181. The standard InChI is InChI=1S/C22H27N3O2/c1-15-11-19-12-18(7-8-21(19)27-15)17-5-3-16(4-6-17)13-24-22(26)25-10-9-20(14-25)23-2/h3-8,12,15,20,23H,9-11,13-14H2,1-2H3,(H,24,26). The number of hydrogen-bond acceptors (Lipinski definition) is 3. The molecule has 5 heteroatoms. The van der Waals surface area contributed by atoms with E-state index in [2.05, 4.69) is 60.0 Å². The summed E-state index contributed by atoms with van der Waals surface area (Å²) < 4.78 is 5.78. The molecule has 2 unspecified atom stereocenters. The second-order valence-corrected chi connectivity index (χ2v) is 7.53. The van der Waals surface area contributed by atoms with Crippen LogP contribution in [0.1, 0.15) is 24.5 Å². The molecule has 1 saturated heterocycles. The van der Waals surface area contributed by atoms with Gasteiger partial charge in [0.2, 0.25) is 0 Å². The van der Waals surface area contributed by atoms with E-state index < -0.39 is 0 Å². The highest BCUT2D eigenvalue weighted by molar-refractivity contribution is 5.74. The van der Waals surface area contributed by atoms with E-state index in [0.717, 1.165) is 37.2 Å². The Morgan fingerprint density at radius 3 is 2.70 bits per heavy atom. The fourth-order valence-corrected chi connectivity index (χ4v) is 3.89. The summed E-state index contributed by atoms with van der Waals surface area (Å²) in [5.74, 6) is 1.01. The maximum absolute atomic E-state index is 12.3. The number of fused-ring (bicyclic) bond motifs is 1. The highest BCUT2D eigenvalue weighted by Gasteiger charge is 2.24. The van der Waals surface area contributed by atoms with E-state index in [1.54, 1.807) is 0 Å². The molecular formula is C22H27N3O2. The third-order valence-corrected chi connectivity index (χ3v) is 5.51. The number of ether oxygens (including phenoxy) is 1. The zero-order chi connectivity index (χ0) is 18.8. The van der Waals surface area contributed by atoms with E-state index >= 15 is 0 Å². The van der Waals surface area contributed by atoms with Crippen molar-refractivity contribution in [2.75, 3.05) is 20.1 Å². The van der Waals surface area contributed by atoms with Gasteiger partial charge in [0.15, 0.2) is 0 Å². The average Bonchev–Trinajstić information content (AvgIpc) is 3.31. The van der Waals surface area contributed by atoms with Crippen LogP contribution in [0.25, 0.3) is 11.1 Å². The predicted octanol–water partition coefficient (Wildman–Crippen LogP) is 3.18. The molecule has 0 spiro atoms. The van der Waals surface area contributed by atoms with Gasteiger partial charge in [-0.25, -0.2) is 4.79 Å². The van der Waals surface area contributed by atoms with Crippen LogP contribution < -0.4 is 15.4 Å². The van der Waals surface area contributed by atoms with Crippen molar-refractivity contribution in [2.24, 2.45) is 0 Å². The molecule has 2 amide bonds. The number of carbonyl (C=O) groups excluding carboxylic acids is 1. The minimum Gasteiger partial charge on any atom is -0.490 e. The Labute approximate surface area is 160 Å². The number of likely N-dealkylation sites (tertiary alicyclic amines) is 1. The Bertz CT molecular complexity index is 819. The van der Waals surface area contributed by atoms with Crippen LogP contribution in [-0.2, 0) is 13.0 Å². The third kappa shape index (κ3) is 3.93. The van der Waals surface area contributed by atoms with Crippen LogP contribution >= 0.6 is 0 Å². The molecule has 2 heterocycles. The maximum atomic E-state index is 12.3. The first-order valence-corrected chi connectivity index (χ1v) is 9.71. The molecule has 0 radical (unpaired) electrons. The Balaban J connectivity index is 1.36. The average molecular weight is 365 g/mol. The van der Waals surface area contributed by atoms with E-state index in [1.807, 2.05) is 11.9 Å². The van der Waals surface area contributed by atoms with Gasteiger partial charge in [-0.2, -0.15) is 0 Å². The normalized spacial score (nSPS) is 21.0.